The lowest BCUT2D eigenvalue weighted by atomic mass is 9.92. The molecule has 9 rings (SSSR count). The van der Waals surface area contributed by atoms with Gasteiger partial charge in [-0.25, -0.2) is 0 Å². The van der Waals surface area contributed by atoms with Gasteiger partial charge < -0.3 is 10.6 Å². The summed E-state index contributed by atoms with van der Waals surface area (Å²) in [4.78, 5) is 10.7. The lowest BCUT2D eigenvalue weighted by Gasteiger charge is -2.19. The van der Waals surface area contributed by atoms with Gasteiger partial charge in [0, 0.05) is 40.1 Å². The van der Waals surface area contributed by atoms with E-state index in [1.165, 1.54) is 44.5 Å². The zero-order valence-electron chi connectivity index (χ0n) is 22.0. The maximum Gasteiger partial charge on any atom is 0.0786 e. The molecule has 192 valence electrons. The van der Waals surface area contributed by atoms with E-state index in [0.29, 0.717) is 0 Å². The number of nitrogens with one attached hydrogen (secondary N) is 2. The van der Waals surface area contributed by atoms with E-state index >= 15 is 0 Å². The fraction of sp³-hybridized carbons (Fsp3) is 0.167. The zero-order chi connectivity index (χ0) is 26.2. The Morgan fingerprint density at radius 1 is 0.450 bits per heavy atom. The number of hydrogen-bond acceptors (Lipinski definition) is 4. The third kappa shape index (κ3) is 3.26. The highest BCUT2D eigenvalue weighted by molar-refractivity contribution is 6.16. The number of nitrogens with zero attached hydrogens (tertiary/aromatic N) is 2. The van der Waals surface area contributed by atoms with Crippen molar-refractivity contribution >= 4 is 22.8 Å². The second-order valence-corrected chi connectivity index (χ2v) is 11.4. The minimum Gasteiger partial charge on any atom is -0.378 e. The Balaban J connectivity index is 1.25. The normalized spacial score (nSPS) is 27.4. The van der Waals surface area contributed by atoms with Crippen LogP contribution >= 0.6 is 0 Å². The van der Waals surface area contributed by atoms with Crippen molar-refractivity contribution < 1.29 is 0 Å². The highest BCUT2D eigenvalue weighted by Gasteiger charge is 2.36. The van der Waals surface area contributed by atoms with Gasteiger partial charge in [0.2, 0.25) is 0 Å². The smallest absolute Gasteiger partial charge is 0.0786 e. The molecule has 8 bridgehead atoms. The molecular formula is C36H28N4. The first-order chi connectivity index (χ1) is 19.8. The second-order valence-electron chi connectivity index (χ2n) is 11.4. The lowest BCUT2D eigenvalue weighted by molar-refractivity contribution is 0.501. The Labute approximate surface area is 233 Å². The molecule has 0 fully saturated rings. The van der Waals surface area contributed by atoms with Crippen molar-refractivity contribution in [3.05, 3.63) is 154 Å². The van der Waals surface area contributed by atoms with Gasteiger partial charge in [0.15, 0.2) is 0 Å². The fourth-order valence-electron chi connectivity index (χ4n) is 7.35. The molecule has 4 nitrogen and oxygen atoms in total. The molecular weight excluding hydrogens is 488 g/mol. The van der Waals surface area contributed by atoms with Crippen LogP contribution < -0.4 is 10.6 Å². The number of benzene rings is 4. The van der Waals surface area contributed by atoms with Gasteiger partial charge in [-0.15, -0.1) is 0 Å². The SMILES string of the molecule is C1=C2\NC(CC3N/C(=C\C4=NC(CC5N=C/1c1ccccc15)c1ccccc14)c1ccccc13)c1ccccc12. The third-order valence-corrected chi connectivity index (χ3v) is 9.17. The minimum atomic E-state index is 0.0759. The number of hydrogen-bond donors (Lipinski definition) is 2. The van der Waals surface area contributed by atoms with Crippen molar-refractivity contribution in [2.24, 2.45) is 9.98 Å². The van der Waals surface area contributed by atoms with Gasteiger partial charge in [-0.05, 0) is 40.8 Å². The molecule has 0 aromatic heterocycles. The summed E-state index contributed by atoms with van der Waals surface area (Å²) in [5.74, 6) is 0. The van der Waals surface area contributed by atoms with Crippen molar-refractivity contribution in [1.29, 1.82) is 0 Å². The summed E-state index contributed by atoms with van der Waals surface area (Å²) in [6.07, 6.45) is 6.36. The summed E-state index contributed by atoms with van der Waals surface area (Å²) in [6.45, 7) is 0. The first kappa shape index (κ1) is 22.2. The molecule has 4 heteroatoms. The minimum absolute atomic E-state index is 0.0759. The average Bonchev–Trinajstić information content (AvgIpc) is 3.73. The van der Waals surface area contributed by atoms with Crippen LogP contribution in [0.4, 0.5) is 0 Å². The van der Waals surface area contributed by atoms with Gasteiger partial charge in [-0.1, -0.05) is 97.1 Å². The van der Waals surface area contributed by atoms with Gasteiger partial charge in [0.1, 0.15) is 0 Å². The predicted octanol–water partition coefficient (Wildman–Crippen LogP) is 7.24. The lowest BCUT2D eigenvalue weighted by Crippen LogP contribution is -2.20. The topological polar surface area (TPSA) is 48.8 Å². The first-order valence-electron chi connectivity index (χ1n) is 14.3. The Kier molecular flexibility index (Phi) is 4.65. The Bertz CT molecular complexity index is 1710. The summed E-state index contributed by atoms with van der Waals surface area (Å²) >= 11 is 0. The summed E-state index contributed by atoms with van der Waals surface area (Å²) < 4.78 is 0. The van der Waals surface area contributed by atoms with Crippen LogP contribution in [0.2, 0.25) is 0 Å². The highest BCUT2D eigenvalue weighted by Crippen LogP contribution is 2.45. The molecule has 0 saturated carbocycles. The molecule has 0 saturated heterocycles. The number of aliphatic imine (C=N–C) groups is 2. The molecule has 0 aliphatic carbocycles. The van der Waals surface area contributed by atoms with Crippen molar-refractivity contribution in [3.63, 3.8) is 0 Å². The maximum absolute atomic E-state index is 5.34. The van der Waals surface area contributed by atoms with Crippen LogP contribution in [0.15, 0.2) is 119 Å². The molecule has 4 atom stereocenters. The molecule has 4 aromatic carbocycles. The van der Waals surface area contributed by atoms with Gasteiger partial charge in [0.25, 0.3) is 0 Å². The zero-order valence-corrected chi connectivity index (χ0v) is 22.0. The van der Waals surface area contributed by atoms with Crippen LogP contribution in [0.25, 0.3) is 11.4 Å². The highest BCUT2D eigenvalue weighted by atomic mass is 15.0. The monoisotopic (exact) mass is 516 g/mol. The molecule has 5 aliphatic rings. The van der Waals surface area contributed by atoms with Crippen LogP contribution in [-0.2, 0) is 0 Å². The van der Waals surface area contributed by atoms with Gasteiger partial charge in [0.05, 0.1) is 35.6 Å². The van der Waals surface area contributed by atoms with Crippen molar-refractivity contribution in [1.82, 2.24) is 10.6 Å². The molecule has 4 unspecified atom stereocenters. The number of rotatable bonds is 0. The molecule has 5 heterocycles. The number of fused-ring (bicyclic) bond motifs is 18. The molecule has 2 N–H and O–H groups in total. The Morgan fingerprint density at radius 2 is 0.850 bits per heavy atom. The summed E-state index contributed by atoms with van der Waals surface area (Å²) in [5, 5.41) is 7.81. The standard InChI is InChI=1S/C36H28N4/c1-2-10-22-21(9-1)29-17-31-23-11-3-4-12-24(23)33(38-31)19-35-27-15-7-8-16-28(27)36(40-35)20-34-26-14-6-5-13-25(26)32(39-34)18-30(22)37-29/h1-17,20,30,32-33,35,37,39H,18-19H2/b29-17-,34-20-. The first-order valence-corrected chi connectivity index (χ1v) is 14.3. The van der Waals surface area contributed by atoms with E-state index < -0.39 is 0 Å². The fourth-order valence-corrected chi connectivity index (χ4v) is 7.35. The average molecular weight is 517 g/mol. The largest absolute Gasteiger partial charge is 0.378 e. The molecule has 40 heavy (non-hydrogen) atoms. The quantitative estimate of drug-likeness (QED) is 0.259. The van der Waals surface area contributed by atoms with E-state index in [1.54, 1.807) is 0 Å². The summed E-state index contributed by atoms with van der Waals surface area (Å²) in [7, 11) is 0. The van der Waals surface area contributed by atoms with Crippen molar-refractivity contribution in [2.75, 3.05) is 0 Å². The molecule has 0 spiro atoms. The van der Waals surface area contributed by atoms with E-state index in [4.69, 9.17) is 9.98 Å². The van der Waals surface area contributed by atoms with Crippen LogP contribution in [0, 0.1) is 0 Å². The Hall–Kier alpha value is -4.70. The van der Waals surface area contributed by atoms with E-state index in [0.717, 1.165) is 35.7 Å². The van der Waals surface area contributed by atoms with Crippen molar-refractivity contribution in [2.45, 2.75) is 37.0 Å². The van der Waals surface area contributed by atoms with E-state index in [9.17, 15) is 0 Å². The molecule has 5 aliphatic heterocycles. The van der Waals surface area contributed by atoms with Crippen LogP contribution in [0.3, 0.4) is 0 Å². The maximum atomic E-state index is 5.34. The Morgan fingerprint density at radius 3 is 1.32 bits per heavy atom. The van der Waals surface area contributed by atoms with E-state index in [1.807, 2.05) is 0 Å². The van der Waals surface area contributed by atoms with Gasteiger partial charge in [-0.2, -0.15) is 0 Å². The summed E-state index contributed by atoms with van der Waals surface area (Å²) in [6, 6.07) is 35.7. The van der Waals surface area contributed by atoms with Crippen LogP contribution in [0.5, 0.6) is 0 Å². The van der Waals surface area contributed by atoms with Gasteiger partial charge >= 0.3 is 0 Å². The second kappa shape index (κ2) is 8.40. The third-order valence-electron chi connectivity index (χ3n) is 9.17. The van der Waals surface area contributed by atoms with Gasteiger partial charge in [-0.3, -0.25) is 9.98 Å². The van der Waals surface area contributed by atoms with E-state index in [2.05, 4.69) is 120 Å². The predicted molar refractivity (Wildman–Crippen MR) is 161 cm³/mol. The van der Waals surface area contributed by atoms with Crippen molar-refractivity contribution in [3.8, 4) is 0 Å². The molecule has 0 radical (unpaired) electrons. The molecule has 0 amide bonds. The summed E-state index contributed by atoms with van der Waals surface area (Å²) in [5.41, 5.74) is 14.8. The van der Waals surface area contributed by atoms with E-state index in [-0.39, 0.29) is 24.2 Å². The van der Waals surface area contributed by atoms with Crippen LogP contribution in [0.1, 0.15) is 81.5 Å². The molecule has 4 aromatic rings. The number of allylic oxidation sites excluding steroid dienone is 2. The van der Waals surface area contributed by atoms with Crippen LogP contribution in [-0.4, -0.2) is 11.4 Å².